The number of benzene rings is 1. The summed E-state index contributed by atoms with van der Waals surface area (Å²) < 4.78 is 1.84. The van der Waals surface area contributed by atoms with Gasteiger partial charge in [0.2, 0.25) is 5.95 Å². The van der Waals surface area contributed by atoms with Crippen molar-refractivity contribution < 1.29 is 5.11 Å². The number of nitrogens with two attached hydrogens (primary N) is 1. The fourth-order valence-corrected chi connectivity index (χ4v) is 7.65. The molecule has 40 heavy (non-hydrogen) atoms. The summed E-state index contributed by atoms with van der Waals surface area (Å²) in [6, 6.07) is 6.37. The van der Waals surface area contributed by atoms with Crippen LogP contribution in [0.2, 0.25) is 0 Å². The van der Waals surface area contributed by atoms with E-state index in [9.17, 15) is 9.90 Å². The number of aliphatic hydroxyl groups excluding tert-OH is 1. The Kier molecular flexibility index (Phi) is 7.77. The van der Waals surface area contributed by atoms with Gasteiger partial charge in [-0.05, 0) is 113 Å². The van der Waals surface area contributed by atoms with Crippen molar-refractivity contribution in [3.05, 3.63) is 40.3 Å². The van der Waals surface area contributed by atoms with Gasteiger partial charge in [0.15, 0.2) is 0 Å². The molecule has 0 spiro atoms. The number of anilines is 1. The number of hydrogen-bond acceptors (Lipinski definition) is 6. The molecule has 1 saturated carbocycles. The molecule has 2 fully saturated rings. The van der Waals surface area contributed by atoms with Gasteiger partial charge in [0.1, 0.15) is 5.65 Å². The second-order valence-corrected chi connectivity index (χ2v) is 14.6. The summed E-state index contributed by atoms with van der Waals surface area (Å²) in [4.78, 5) is 25.7. The van der Waals surface area contributed by atoms with Gasteiger partial charge in [-0.15, -0.1) is 0 Å². The molecule has 1 aliphatic carbocycles. The summed E-state index contributed by atoms with van der Waals surface area (Å²) in [5.41, 5.74) is 8.11. The standard InChI is InChI=1S/C33H49N5O2/c1-31(2)15-7-17-37(18-8-16-31)33(5,6)21-32(3,4)22-9-14-25-26(19-22)29(40)38(23-10-12-24(39)13-11-23)28-27(25)20-35-30(34)36-28/h9,14,19-20,23-24,39H,7-8,10-13,15-18,21H2,1-6H3,(H2,34,35,36). The lowest BCUT2D eigenvalue weighted by Gasteiger charge is -2.45. The molecular formula is C33H49N5O2. The molecule has 0 radical (unpaired) electrons. The molecule has 1 saturated heterocycles. The van der Waals surface area contributed by atoms with Crippen LogP contribution >= 0.6 is 0 Å². The molecule has 0 unspecified atom stereocenters. The van der Waals surface area contributed by atoms with Gasteiger partial charge in [0.25, 0.3) is 5.56 Å². The van der Waals surface area contributed by atoms with E-state index in [1.54, 1.807) is 6.20 Å². The van der Waals surface area contributed by atoms with Crippen molar-refractivity contribution in [2.45, 2.75) is 122 Å². The van der Waals surface area contributed by atoms with E-state index in [2.05, 4.69) is 74.6 Å². The Morgan fingerprint density at radius 2 is 1.65 bits per heavy atom. The molecule has 7 heteroatoms. The minimum atomic E-state index is -0.297. The van der Waals surface area contributed by atoms with Crippen LogP contribution in [0.15, 0.2) is 29.2 Å². The smallest absolute Gasteiger partial charge is 0.260 e. The summed E-state index contributed by atoms with van der Waals surface area (Å²) in [5.74, 6) is 0.170. The molecule has 218 valence electrons. The highest BCUT2D eigenvalue weighted by atomic mass is 16.3. The van der Waals surface area contributed by atoms with Crippen LogP contribution in [-0.4, -0.2) is 49.3 Å². The summed E-state index contributed by atoms with van der Waals surface area (Å²) in [6.07, 6.45) is 10.4. The van der Waals surface area contributed by atoms with Gasteiger partial charge >= 0.3 is 0 Å². The van der Waals surface area contributed by atoms with E-state index in [-0.39, 0.29) is 34.6 Å². The zero-order valence-electron chi connectivity index (χ0n) is 25.5. The van der Waals surface area contributed by atoms with E-state index in [0.717, 1.165) is 43.1 Å². The monoisotopic (exact) mass is 547 g/mol. The maximum atomic E-state index is 14.2. The Hall–Kier alpha value is -2.51. The summed E-state index contributed by atoms with van der Waals surface area (Å²) in [6.45, 7) is 16.5. The van der Waals surface area contributed by atoms with Crippen LogP contribution in [0.1, 0.15) is 111 Å². The highest BCUT2D eigenvalue weighted by Gasteiger charge is 2.36. The average Bonchev–Trinajstić information content (AvgIpc) is 2.86. The zero-order valence-corrected chi connectivity index (χ0v) is 25.5. The van der Waals surface area contributed by atoms with E-state index in [4.69, 9.17) is 5.73 Å². The van der Waals surface area contributed by atoms with Crippen molar-refractivity contribution in [2.24, 2.45) is 5.41 Å². The number of rotatable bonds is 5. The Balaban J connectivity index is 1.51. The van der Waals surface area contributed by atoms with Crippen LogP contribution in [0.4, 0.5) is 5.95 Å². The fourth-order valence-electron chi connectivity index (χ4n) is 7.65. The molecule has 2 aromatic heterocycles. The zero-order chi connectivity index (χ0) is 28.9. The summed E-state index contributed by atoms with van der Waals surface area (Å²) in [5, 5.41) is 12.5. The van der Waals surface area contributed by atoms with E-state index in [1.807, 2.05) is 4.57 Å². The van der Waals surface area contributed by atoms with Crippen molar-refractivity contribution in [3.63, 3.8) is 0 Å². The predicted molar refractivity (Wildman–Crippen MR) is 165 cm³/mol. The second-order valence-electron chi connectivity index (χ2n) is 14.6. The number of nitrogen functional groups attached to an aromatic ring is 1. The molecule has 1 aliphatic heterocycles. The van der Waals surface area contributed by atoms with Crippen LogP contribution in [0.5, 0.6) is 0 Å². The highest BCUT2D eigenvalue weighted by Crippen LogP contribution is 2.39. The Bertz CT molecular complexity index is 1420. The normalized spacial score (nSPS) is 23.3. The number of nitrogens with zero attached hydrogens (tertiary/aromatic N) is 4. The Morgan fingerprint density at radius 3 is 2.30 bits per heavy atom. The topological polar surface area (TPSA) is 97.3 Å². The van der Waals surface area contributed by atoms with Gasteiger partial charge in [-0.3, -0.25) is 14.3 Å². The first-order valence-electron chi connectivity index (χ1n) is 15.3. The van der Waals surface area contributed by atoms with E-state index < -0.39 is 0 Å². The number of aliphatic hydroxyl groups is 1. The van der Waals surface area contributed by atoms with Crippen LogP contribution in [-0.2, 0) is 5.41 Å². The molecule has 3 heterocycles. The van der Waals surface area contributed by atoms with Crippen molar-refractivity contribution in [1.29, 1.82) is 0 Å². The number of likely N-dealkylation sites (tertiary alicyclic amines) is 1. The van der Waals surface area contributed by atoms with E-state index >= 15 is 0 Å². The Labute approximate surface area is 239 Å². The molecule has 3 aromatic rings. The molecule has 0 amide bonds. The first-order chi connectivity index (χ1) is 18.8. The van der Waals surface area contributed by atoms with Gasteiger partial charge in [0, 0.05) is 28.6 Å². The largest absolute Gasteiger partial charge is 0.393 e. The molecular weight excluding hydrogens is 498 g/mol. The molecule has 3 N–H and O–H groups in total. The third-order valence-corrected chi connectivity index (χ3v) is 9.88. The van der Waals surface area contributed by atoms with Crippen molar-refractivity contribution in [2.75, 3.05) is 18.8 Å². The van der Waals surface area contributed by atoms with E-state index in [0.29, 0.717) is 29.3 Å². The van der Waals surface area contributed by atoms with Crippen LogP contribution in [0.25, 0.3) is 21.8 Å². The lowest BCUT2D eigenvalue weighted by molar-refractivity contribution is 0.0674. The number of aromatic nitrogens is 3. The molecule has 7 nitrogen and oxygen atoms in total. The van der Waals surface area contributed by atoms with Gasteiger partial charge in [-0.2, -0.15) is 4.98 Å². The van der Waals surface area contributed by atoms with Crippen LogP contribution in [0.3, 0.4) is 0 Å². The highest BCUT2D eigenvalue weighted by molar-refractivity contribution is 6.04. The molecule has 2 aliphatic rings. The van der Waals surface area contributed by atoms with Crippen LogP contribution < -0.4 is 11.3 Å². The third-order valence-electron chi connectivity index (χ3n) is 9.88. The summed E-state index contributed by atoms with van der Waals surface area (Å²) in [7, 11) is 0. The van der Waals surface area contributed by atoms with Crippen molar-refractivity contribution in [1.82, 2.24) is 19.4 Å². The summed E-state index contributed by atoms with van der Waals surface area (Å²) >= 11 is 0. The third kappa shape index (κ3) is 5.78. The lowest BCUT2D eigenvalue weighted by atomic mass is 9.73. The molecule has 0 bridgehead atoms. The average molecular weight is 548 g/mol. The predicted octanol–water partition coefficient (Wildman–Crippen LogP) is 6.35. The first-order valence-corrected chi connectivity index (χ1v) is 15.3. The van der Waals surface area contributed by atoms with Gasteiger partial charge in [-0.25, -0.2) is 4.98 Å². The lowest BCUT2D eigenvalue weighted by Crippen LogP contribution is -2.49. The SMILES string of the molecule is CC1(C)CCCN(C(C)(C)CC(C)(C)c2ccc3c(c2)c(=O)n(C2CCC(O)CC2)c2nc(N)ncc32)CCC1. The Morgan fingerprint density at radius 1 is 1.00 bits per heavy atom. The second kappa shape index (κ2) is 10.7. The van der Waals surface area contributed by atoms with Gasteiger partial charge in [-0.1, -0.05) is 39.8 Å². The first kappa shape index (κ1) is 29.0. The maximum Gasteiger partial charge on any atom is 0.260 e. The van der Waals surface area contributed by atoms with Crippen LogP contribution in [0, 0.1) is 5.41 Å². The van der Waals surface area contributed by atoms with Gasteiger partial charge in [0.05, 0.1) is 6.10 Å². The number of fused-ring (bicyclic) bond motifs is 3. The number of pyridine rings is 1. The number of hydrogen-bond donors (Lipinski definition) is 2. The molecule has 1 aromatic carbocycles. The minimum absolute atomic E-state index is 0.00945. The fraction of sp³-hybridized carbons (Fsp3) is 0.667. The van der Waals surface area contributed by atoms with Gasteiger partial charge < -0.3 is 10.8 Å². The minimum Gasteiger partial charge on any atom is -0.393 e. The van der Waals surface area contributed by atoms with Crippen molar-refractivity contribution in [3.8, 4) is 0 Å². The molecule has 5 rings (SSSR count). The molecule has 0 atom stereocenters. The maximum absolute atomic E-state index is 14.2. The van der Waals surface area contributed by atoms with Crippen molar-refractivity contribution >= 4 is 27.8 Å². The van der Waals surface area contributed by atoms with E-state index in [1.165, 1.54) is 31.2 Å². The quantitative estimate of drug-likeness (QED) is 0.361.